The van der Waals surface area contributed by atoms with Crippen LogP contribution in [0.5, 0.6) is 11.5 Å². The summed E-state index contributed by atoms with van der Waals surface area (Å²) in [6.45, 7) is 10.1. The molecule has 0 aliphatic carbocycles. The van der Waals surface area contributed by atoms with Gasteiger partial charge in [0.05, 0.1) is 18.9 Å². The van der Waals surface area contributed by atoms with Crippen LogP contribution in [0.1, 0.15) is 59.1 Å². The van der Waals surface area contributed by atoms with E-state index in [1.165, 1.54) is 6.08 Å². The molecule has 0 aliphatic rings. The predicted molar refractivity (Wildman–Crippen MR) is 147 cm³/mol. The van der Waals surface area contributed by atoms with Crippen LogP contribution in [0, 0.1) is 5.92 Å². The van der Waals surface area contributed by atoms with Crippen LogP contribution in [0.4, 0.5) is 0 Å². The van der Waals surface area contributed by atoms with E-state index in [9.17, 15) is 19.5 Å². The van der Waals surface area contributed by atoms with Gasteiger partial charge < -0.3 is 29.8 Å². The SMILES string of the molecule is CC(C)(C)OC(=O)CC(C(=O)OC(C)(C)C)/C(=C\c1cccc(OCc2ccccc2)c1OCCO)C(N)=O. The molecule has 1 unspecified atom stereocenters. The van der Waals surface area contributed by atoms with Crippen molar-refractivity contribution in [3.8, 4) is 11.5 Å². The molecule has 0 heterocycles. The summed E-state index contributed by atoms with van der Waals surface area (Å²) in [4.78, 5) is 38.6. The molecular formula is C30H39NO8. The first-order valence-corrected chi connectivity index (χ1v) is 12.7. The molecule has 2 aromatic carbocycles. The summed E-state index contributed by atoms with van der Waals surface area (Å²) in [6, 6.07) is 14.5. The first kappa shape index (κ1) is 31.4. The van der Waals surface area contributed by atoms with Gasteiger partial charge in [-0.15, -0.1) is 0 Å². The second-order valence-corrected chi connectivity index (χ2v) is 10.9. The number of aliphatic hydroxyl groups is 1. The molecular weight excluding hydrogens is 502 g/mol. The zero-order valence-corrected chi connectivity index (χ0v) is 23.5. The van der Waals surface area contributed by atoms with Crippen molar-refractivity contribution in [2.45, 2.75) is 65.8 Å². The normalized spacial score (nSPS) is 12.8. The van der Waals surface area contributed by atoms with Crippen LogP contribution < -0.4 is 15.2 Å². The van der Waals surface area contributed by atoms with E-state index in [1.807, 2.05) is 30.3 Å². The van der Waals surface area contributed by atoms with E-state index in [1.54, 1.807) is 59.7 Å². The number of para-hydroxylation sites is 1. The maximum atomic E-state index is 13.2. The minimum Gasteiger partial charge on any atom is -0.487 e. The van der Waals surface area contributed by atoms with Crippen LogP contribution in [0.25, 0.3) is 6.08 Å². The summed E-state index contributed by atoms with van der Waals surface area (Å²) in [5, 5.41) is 9.38. The van der Waals surface area contributed by atoms with Gasteiger partial charge in [0.15, 0.2) is 11.5 Å². The Bertz CT molecular complexity index is 1160. The van der Waals surface area contributed by atoms with E-state index in [2.05, 4.69) is 0 Å². The van der Waals surface area contributed by atoms with Gasteiger partial charge in [-0.05, 0) is 59.2 Å². The summed E-state index contributed by atoms with van der Waals surface area (Å²) < 4.78 is 22.7. The Balaban J connectivity index is 2.55. The van der Waals surface area contributed by atoms with Crippen LogP contribution in [0.2, 0.25) is 0 Å². The topological polar surface area (TPSA) is 134 Å². The smallest absolute Gasteiger partial charge is 0.314 e. The first-order chi connectivity index (χ1) is 18.2. The molecule has 2 aromatic rings. The highest BCUT2D eigenvalue weighted by atomic mass is 16.6. The van der Waals surface area contributed by atoms with Crippen molar-refractivity contribution in [1.82, 2.24) is 0 Å². The maximum Gasteiger partial charge on any atom is 0.314 e. The summed E-state index contributed by atoms with van der Waals surface area (Å²) in [7, 11) is 0. The van der Waals surface area contributed by atoms with Gasteiger partial charge in [0, 0.05) is 11.1 Å². The molecule has 3 N–H and O–H groups in total. The molecule has 39 heavy (non-hydrogen) atoms. The Morgan fingerprint density at radius 1 is 0.897 bits per heavy atom. The Morgan fingerprint density at radius 3 is 2.10 bits per heavy atom. The number of aliphatic hydroxyl groups excluding tert-OH is 1. The third-order valence-electron chi connectivity index (χ3n) is 5.04. The van der Waals surface area contributed by atoms with Crippen molar-refractivity contribution in [1.29, 1.82) is 0 Å². The van der Waals surface area contributed by atoms with Gasteiger partial charge in [0.1, 0.15) is 24.4 Å². The van der Waals surface area contributed by atoms with Crippen molar-refractivity contribution in [3.63, 3.8) is 0 Å². The molecule has 0 aromatic heterocycles. The quantitative estimate of drug-likeness (QED) is 0.302. The third-order valence-corrected chi connectivity index (χ3v) is 5.04. The Labute approximate surface area is 229 Å². The molecule has 0 saturated heterocycles. The van der Waals surface area contributed by atoms with Crippen molar-refractivity contribution >= 4 is 23.9 Å². The van der Waals surface area contributed by atoms with E-state index in [4.69, 9.17) is 24.7 Å². The fraction of sp³-hybridized carbons (Fsp3) is 0.433. The van der Waals surface area contributed by atoms with Gasteiger partial charge in [0.2, 0.25) is 5.91 Å². The molecule has 1 atom stereocenters. The largest absolute Gasteiger partial charge is 0.487 e. The zero-order chi connectivity index (χ0) is 29.2. The zero-order valence-electron chi connectivity index (χ0n) is 23.5. The molecule has 1 amide bonds. The Morgan fingerprint density at radius 2 is 1.54 bits per heavy atom. The van der Waals surface area contributed by atoms with Crippen LogP contribution >= 0.6 is 0 Å². The molecule has 212 valence electrons. The number of ether oxygens (including phenoxy) is 4. The van der Waals surface area contributed by atoms with Gasteiger partial charge in [0.25, 0.3) is 0 Å². The minimum atomic E-state index is -1.34. The average Bonchev–Trinajstić information content (AvgIpc) is 2.82. The number of nitrogens with two attached hydrogens (primary N) is 1. The molecule has 0 radical (unpaired) electrons. The molecule has 0 fully saturated rings. The number of benzene rings is 2. The Hall–Kier alpha value is -3.85. The van der Waals surface area contributed by atoms with Crippen LogP contribution in [-0.4, -0.2) is 47.4 Å². The molecule has 9 heteroatoms. The van der Waals surface area contributed by atoms with Crippen LogP contribution in [0.3, 0.4) is 0 Å². The third kappa shape index (κ3) is 10.8. The summed E-state index contributed by atoms with van der Waals surface area (Å²) >= 11 is 0. The van der Waals surface area contributed by atoms with E-state index >= 15 is 0 Å². The number of rotatable bonds is 12. The molecule has 2 rings (SSSR count). The highest BCUT2D eigenvalue weighted by molar-refractivity contribution is 6.03. The molecule has 9 nitrogen and oxygen atoms in total. The van der Waals surface area contributed by atoms with Crippen molar-refractivity contribution in [2.75, 3.05) is 13.2 Å². The summed E-state index contributed by atoms with van der Waals surface area (Å²) in [6.07, 6.45) is 0.918. The molecule has 0 spiro atoms. The van der Waals surface area contributed by atoms with Crippen LogP contribution in [0.15, 0.2) is 54.1 Å². The molecule has 0 bridgehead atoms. The lowest BCUT2D eigenvalue weighted by Gasteiger charge is -2.26. The second-order valence-electron chi connectivity index (χ2n) is 10.9. The van der Waals surface area contributed by atoms with Gasteiger partial charge in [-0.2, -0.15) is 0 Å². The maximum absolute atomic E-state index is 13.2. The molecule has 0 saturated carbocycles. The lowest BCUT2D eigenvalue weighted by atomic mass is 9.92. The lowest BCUT2D eigenvalue weighted by molar-refractivity contribution is -0.166. The van der Waals surface area contributed by atoms with Crippen molar-refractivity contribution < 1.29 is 38.4 Å². The van der Waals surface area contributed by atoms with E-state index in [-0.39, 0.29) is 31.1 Å². The van der Waals surface area contributed by atoms with Gasteiger partial charge in [-0.3, -0.25) is 14.4 Å². The number of hydrogen-bond donors (Lipinski definition) is 2. The number of hydrogen-bond acceptors (Lipinski definition) is 8. The van der Waals surface area contributed by atoms with Gasteiger partial charge in [-0.25, -0.2) is 0 Å². The number of carbonyl (C=O) groups excluding carboxylic acids is 3. The summed E-state index contributed by atoms with van der Waals surface area (Å²) in [5.41, 5.74) is 5.17. The molecule has 0 aliphatic heterocycles. The minimum absolute atomic E-state index is 0.0497. The van der Waals surface area contributed by atoms with Crippen molar-refractivity contribution in [2.24, 2.45) is 11.7 Å². The number of carbonyl (C=O) groups is 3. The van der Waals surface area contributed by atoms with Gasteiger partial charge >= 0.3 is 11.9 Å². The number of esters is 2. The Kier molecular flexibility index (Phi) is 11.1. The predicted octanol–water partition coefficient (Wildman–Crippen LogP) is 4.20. The average molecular weight is 542 g/mol. The highest BCUT2D eigenvalue weighted by Gasteiger charge is 2.34. The van der Waals surface area contributed by atoms with E-state index in [0.717, 1.165) is 5.56 Å². The summed E-state index contributed by atoms with van der Waals surface area (Å²) in [5.74, 6) is -3.16. The lowest BCUT2D eigenvalue weighted by Crippen LogP contribution is -2.35. The van der Waals surface area contributed by atoms with Gasteiger partial charge in [-0.1, -0.05) is 42.5 Å². The second kappa shape index (κ2) is 13.8. The van der Waals surface area contributed by atoms with E-state index in [0.29, 0.717) is 11.3 Å². The monoisotopic (exact) mass is 541 g/mol. The van der Waals surface area contributed by atoms with Crippen LogP contribution in [-0.2, 0) is 30.5 Å². The van der Waals surface area contributed by atoms with E-state index < -0.39 is 41.4 Å². The standard InChI is InChI=1S/C30H39NO8/c1-29(2,3)38-25(33)18-23(28(35)39-30(4,5)6)22(27(31)34)17-21-13-10-14-24(26(21)36-16-15-32)37-19-20-11-8-7-9-12-20/h7-14,17,23,32H,15-16,18-19H2,1-6H3,(H2,31,34)/b22-17+. The highest BCUT2D eigenvalue weighted by Crippen LogP contribution is 2.35. The number of primary amides is 1. The first-order valence-electron chi connectivity index (χ1n) is 12.7. The van der Waals surface area contributed by atoms with Crippen molar-refractivity contribution in [3.05, 3.63) is 65.2 Å². The fourth-order valence-electron chi connectivity index (χ4n) is 3.55. The number of amides is 1. The fourth-order valence-corrected chi connectivity index (χ4v) is 3.55.